The molecular formula is C27H29N3O3. The molecule has 2 aliphatic heterocycles. The van der Waals surface area contributed by atoms with Gasteiger partial charge in [-0.2, -0.15) is 5.10 Å². The van der Waals surface area contributed by atoms with Gasteiger partial charge in [0.1, 0.15) is 0 Å². The van der Waals surface area contributed by atoms with Gasteiger partial charge < -0.3 is 10.1 Å². The van der Waals surface area contributed by atoms with Crippen molar-refractivity contribution >= 4 is 23.0 Å². The van der Waals surface area contributed by atoms with E-state index in [1.807, 2.05) is 42.5 Å². The van der Waals surface area contributed by atoms with Gasteiger partial charge in [-0.15, -0.1) is 0 Å². The first kappa shape index (κ1) is 21.4. The molecule has 0 radical (unpaired) electrons. The number of hydrazone groups is 1. The molecule has 2 heterocycles. The second kappa shape index (κ2) is 8.18. The molecule has 170 valence electrons. The number of benzene rings is 1. The molecule has 1 saturated carbocycles. The predicted molar refractivity (Wildman–Crippen MR) is 128 cm³/mol. The minimum absolute atomic E-state index is 0.0436. The van der Waals surface area contributed by atoms with Gasteiger partial charge in [0.25, 0.3) is 0 Å². The molecule has 0 aromatic heterocycles. The van der Waals surface area contributed by atoms with Crippen LogP contribution in [0.1, 0.15) is 54.6 Å². The van der Waals surface area contributed by atoms with Crippen molar-refractivity contribution < 1.29 is 14.3 Å². The highest BCUT2D eigenvalue weighted by Crippen LogP contribution is 2.49. The maximum atomic E-state index is 13.0. The minimum atomic E-state index is -0.581. The van der Waals surface area contributed by atoms with Crippen LogP contribution in [-0.2, 0) is 16.0 Å². The second-order valence-electron chi connectivity index (χ2n) is 9.48. The molecule has 1 aromatic rings. The van der Waals surface area contributed by atoms with Crippen molar-refractivity contribution in [2.75, 3.05) is 13.7 Å². The SMILES string of the molecule is COC1=CC=C(c2ccc3c(c2)CCC3=O)C2=CC=CC(C3(C(=O)NCC(C)C)CC3)=NN12. The molecule has 1 fully saturated rings. The second-order valence-corrected chi connectivity index (χ2v) is 9.48. The summed E-state index contributed by atoms with van der Waals surface area (Å²) in [6.45, 7) is 4.83. The van der Waals surface area contributed by atoms with Gasteiger partial charge in [-0.05, 0) is 54.5 Å². The Labute approximate surface area is 194 Å². The maximum absolute atomic E-state index is 13.0. The van der Waals surface area contributed by atoms with Crippen LogP contribution in [0.5, 0.6) is 0 Å². The summed E-state index contributed by atoms with van der Waals surface area (Å²) < 4.78 is 5.63. The first-order chi connectivity index (χ1) is 15.9. The molecule has 6 heteroatoms. The molecule has 1 aromatic carbocycles. The van der Waals surface area contributed by atoms with Crippen molar-refractivity contribution in [2.24, 2.45) is 16.4 Å². The van der Waals surface area contributed by atoms with Crippen LogP contribution in [0, 0.1) is 11.3 Å². The number of hydrogen-bond acceptors (Lipinski definition) is 5. The number of aryl methyl sites for hydroxylation is 1. The molecule has 0 bridgehead atoms. The topological polar surface area (TPSA) is 71.0 Å². The summed E-state index contributed by atoms with van der Waals surface area (Å²) >= 11 is 0. The third-order valence-electron chi connectivity index (χ3n) is 6.71. The molecule has 1 amide bonds. The third kappa shape index (κ3) is 3.73. The Balaban J connectivity index is 1.49. The Hall–Kier alpha value is -3.41. The third-order valence-corrected chi connectivity index (χ3v) is 6.71. The van der Waals surface area contributed by atoms with Gasteiger partial charge in [0.15, 0.2) is 5.78 Å². The molecular weight excluding hydrogens is 414 g/mol. The summed E-state index contributed by atoms with van der Waals surface area (Å²) in [6, 6.07) is 6.04. The van der Waals surface area contributed by atoms with E-state index < -0.39 is 5.41 Å². The molecule has 0 spiro atoms. The van der Waals surface area contributed by atoms with Crippen LogP contribution < -0.4 is 5.32 Å². The molecule has 0 saturated heterocycles. The maximum Gasteiger partial charge on any atom is 0.232 e. The van der Waals surface area contributed by atoms with E-state index in [4.69, 9.17) is 9.84 Å². The highest BCUT2D eigenvalue weighted by atomic mass is 16.5. The lowest BCUT2D eigenvalue weighted by molar-refractivity contribution is -0.124. The molecule has 5 rings (SSSR count). The Morgan fingerprint density at radius 1 is 1.21 bits per heavy atom. The van der Waals surface area contributed by atoms with Crippen LogP contribution in [0.3, 0.4) is 0 Å². The normalized spacial score (nSPS) is 20.2. The van der Waals surface area contributed by atoms with Gasteiger partial charge in [-0.1, -0.05) is 38.1 Å². The summed E-state index contributed by atoms with van der Waals surface area (Å²) in [5, 5.41) is 9.82. The number of hydrogen-bond donors (Lipinski definition) is 1. The van der Waals surface area contributed by atoms with Gasteiger partial charge in [0.05, 0.1) is 23.9 Å². The first-order valence-electron chi connectivity index (χ1n) is 11.6. The number of methoxy groups -OCH3 is 1. The Morgan fingerprint density at radius 2 is 2.03 bits per heavy atom. The summed E-state index contributed by atoms with van der Waals surface area (Å²) in [5.74, 6) is 1.25. The number of rotatable bonds is 6. The van der Waals surface area contributed by atoms with Crippen molar-refractivity contribution in [1.82, 2.24) is 10.3 Å². The van der Waals surface area contributed by atoms with E-state index in [2.05, 4.69) is 25.2 Å². The number of carbonyl (C=O) groups is 2. The van der Waals surface area contributed by atoms with Gasteiger partial charge in [-0.25, -0.2) is 5.01 Å². The van der Waals surface area contributed by atoms with Crippen LogP contribution in [0.25, 0.3) is 5.57 Å². The number of nitrogens with one attached hydrogen (secondary N) is 1. The largest absolute Gasteiger partial charge is 0.481 e. The number of carbonyl (C=O) groups excluding carboxylic acids is 2. The summed E-state index contributed by atoms with van der Waals surface area (Å²) in [4.78, 5) is 25.1. The zero-order valence-corrected chi connectivity index (χ0v) is 19.4. The zero-order valence-electron chi connectivity index (χ0n) is 19.4. The number of ketones is 1. The van der Waals surface area contributed by atoms with Gasteiger partial charge >= 0.3 is 0 Å². The van der Waals surface area contributed by atoms with Crippen LogP contribution in [-0.4, -0.2) is 36.1 Å². The lowest BCUT2D eigenvalue weighted by Crippen LogP contribution is -2.39. The Kier molecular flexibility index (Phi) is 5.31. The van der Waals surface area contributed by atoms with E-state index in [1.54, 1.807) is 12.1 Å². The van der Waals surface area contributed by atoms with E-state index in [0.717, 1.165) is 52.9 Å². The minimum Gasteiger partial charge on any atom is -0.481 e. The standard InChI is InChI=1S/C27H29N3O3/c1-17(2)16-28-26(32)27(13-14-27)24-6-4-5-22-20(10-12-25(33-3)30(22)29-24)18-7-9-21-19(15-18)8-11-23(21)31/h4-7,9-10,12,15,17H,8,11,13-14,16H2,1-3H3,(H,28,32). The fourth-order valence-corrected chi connectivity index (χ4v) is 4.65. The Bertz CT molecular complexity index is 1180. The number of nitrogens with zero attached hydrogens (tertiary/aromatic N) is 2. The van der Waals surface area contributed by atoms with Crippen molar-refractivity contribution in [3.8, 4) is 0 Å². The number of Topliss-reactive ketones (excluding diaryl/α,β-unsaturated/α-hetero) is 1. The van der Waals surface area contributed by atoms with E-state index >= 15 is 0 Å². The van der Waals surface area contributed by atoms with E-state index in [-0.39, 0.29) is 11.7 Å². The first-order valence-corrected chi connectivity index (χ1v) is 11.6. The van der Waals surface area contributed by atoms with Crippen LogP contribution in [0.2, 0.25) is 0 Å². The molecule has 33 heavy (non-hydrogen) atoms. The number of ether oxygens (including phenoxy) is 1. The lowest BCUT2D eigenvalue weighted by Gasteiger charge is -2.29. The van der Waals surface area contributed by atoms with Crippen LogP contribution in [0.15, 0.2) is 65.3 Å². The van der Waals surface area contributed by atoms with Gasteiger partial charge in [0, 0.05) is 30.2 Å². The van der Waals surface area contributed by atoms with Crippen molar-refractivity contribution in [2.45, 2.75) is 39.5 Å². The van der Waals surface area contributed by atoms with Gasteiger partial charge in [-0.3, -0.25) is 9.59 Å². The van der Waals surface area contributed by atoms with E-state index in [9.17, 15) is 9.59 Å². The molecule has 0 unspecified atom stereocenters. The van der Waals surface area contributed by atoms with Crippen molar-refractivity contribution in [3.05, 3.63) is 76.8 Å². The molecule has 6 nitrogen and oxygen atoms in total. The fourth-order valence-electron chi connectivity index (χ4n) is 4.65. The summed E-state index contributed by atoms with van der Waals surface area (Å²) in [7, 11) is 1.62. The fraction of sp³-hybridized carbons (Fsp3) is 0.370. The average molecular weight is 444 g/mol. The van der Waals surface area contributed by atoms with Crippen LogP contribution in [0.4, 0.5) is 0 Å². The highest BCUT2D eigenvalue weighted by Gasteiger charge is 2.54. The predicted octanol–water partition coefficient (Wildman–Crippen LogP) is 4.36. The molecule has 1 N–H and O–H groups in total. The number of fused-ring (bicyclic) bond motifs is 2. The van der Waals surface area contributed by atoms with Gasteiger partial charge in [0.2, 0.25) is 11.8 Å². The van der Waals surface area contributed by atoms with E-state index in [0.29, 0.717) is 24.8 Å². The average Bonchev–Trinajstić information content (AvgIpc) is 3.58. The molecule has 4 aliphatic rings. The molecule has 2 aliphatic carbocycles. The Morgan fingerprint density at radius 3 is 2.76 bits per heavy atom. The number of amides is 1. The van der Waals surface area contributed by atoms with Crippen LogP contribution >= 0.6 is 0 Å². The lowest BCUT2D eigenvalue weighted by atomic mass is 9.96. The van der Waals surface area contributed by atoms with Crippen molar-refractivity contribution in [1.29, 1.82) is 0 Å². The highest BCUT2D eigenvalue weighted by molar-refractivity contribution is 6.16. The monoisotopic (exact) mass is 443 g/mol. The number of allylic oxidation sites excluding steroid dienone is 6. The summed E-state index contributed by atoms with van der Waals surface area (Å²) in [6.07, 6.45) is 12.8. The zero-order chi connectivity index (χ0) is 23.2. The van der Waals surface area contributed by atoms with Crippen molar-refractivity contribution in [3.63, 3.8) is 0 Å². The van der Waals surface area contributed by atoms with E-state index in [1.165, 1.54) is 0 Å². The smallest absolute Gasteiger partial charge is 0.232 e. The molecule has 0 atom stereocenters. The summed E-state index contributed by atoms with van der Waals surface area (Å²) in [5.41, 5.74) is 5.01. The quantitative estimate of drug-likeness (QED) is 0.709.